The number of methoxy groups -OCH3 is 1. The van der Waals surface area contributed by atoms with Crippen LogP contribution in [0.2, 0.25) is 0 Å². The van der Waals surface area contributed by atoms with Gasteiger partial charge in [-0.05, 0) is 213 Å². The maximum absolute atomic E-state index is 12.6. The van der Waals surface area contributed by atoms with Crippen LogP contribution in [0, 0.1) is 18.3 Å². The van der Waals surface area contributed by atoms with Gasteiger partial charge in [-0.25, -0.2) is 88.8 Å². The van der Waals surface area contributed by atoms with Crippen LogP contribution in [0.25, 0.3) is 11.5 Å². The average Bonchev–Trinajstić information content (AvgIpc) is 1.72. The van der Waals surface area contributed by atoms with Gasteiger partial charge in [-0.2, -0.15) is 30.2 Å². The van der Waals surface area contributed by atoms with Gasteiger partial charge in [0.05, 0.1) is 45.3 Å². The molecule has 0 fully saturated rings. The number of carboxylic acid groups (broad SMARTS) is 3. The first-order valence-electron chi connectivity index (χ1n) is 41.8. The molecule has 7 aromatic heterocycles. The number of esters is 1. The van der Waals surface area contributed by atoms with Crippen LogP contribution in [-0.4, -0.2) is 205 Å². The average molecular weight is 2100 g/mol. The number of aromatic nitrogens is 17. The van der Waals surface area contributed by atoms with Crippen molar-refractivity contribution in [1.82, 2.24) is 83.8 Å². The molecule has 0 spiro atoms. The van der Waals surface area contributed by atoms with Gasteiger partial charge < -0.3 is 121 Å². The number of nitriles is 1. The molecular formula is C87H82N36O23S3. The number of aromatic carboxylic acids is 1. The van der Waals surface area contributed by atoms with Gasteiger partial charge in [0, 0.05) is 69.0 Å². The van der Waals surface area contributed by atoms with Crippen LogP contribution in [-0.2, 0) is 49.2 Å². The van der Waals surface area contributed by atoms with E-state index in [1.165, 1.54) is 104 Å². The fraction of sp³-hybridized carbons (Fsp3) is 0.0575. The van der Waals surface area contributed by atoms with Crippen molar-refractivity contribution in [2.24, 2.45) is 15.4 Å². The molecular weight excluding hydrogens is 2010 g/mol. The first-order valence-corrected chi connectivity index (χ1v) is 46.5. The second kappa shape index (κ2) is 48.4. The number of oxazole rings is 1. The Morgan fingerprint density at radius 1 is 0.376 bits per heavy atom. The first-order chi connectivity index (χ1) is 70.9. The number of nitrogens with zero attached hydrogens (tertiary/aromatic N) is 18. The number of sulfonamides is 3. The summed E-state index contributed by atoms with van der Waals surface area (Å²) in [5, 5.41) is 97.4. The Balaban J connectivity index is 0.000000166. The largest absolute Gasteiger partial charge is 0.482 e. The Morgan fingerprint density at radius 2 is 0.685 bits per heavy atom. The molecule has 7 heterocycles. The molecule has 16 rings (SSSR count). The highest BCUT2D eigenvalue weighted by molar-refractivity contribution is 7.89. The molecule has 0 saturated carbocycles. The molecule has 9 aromatic carbocycles. The standard InChI is InChI=1S/C19H16N8O6S.C18H19N7O6S.C18H15N7O4.C18H18N6O4.C14H14N8O3S/c20-17-25-18(22-11-5-7-13(8-6-11)34(21,31)32)26-27(17)19(30)23-12-3-1-10(2-4-12)15-24-14(9-33-15)16(28)29;1-30-15(26)10-31-13-6-2-12(3-7-13)22-18(27)25-16(19)23-17(24-25)21-11-4-8-14(9-5-11)32(20,28)29;19-9-11-4-6-12(7-5-11)21-17-23-16(20)25(24-17)18(28)22-13-2-1-3-14(8-13)29-10-15(26)27;1-11-2-4-12(5-3-11)20-17-22-16(19)24(23-17)18(27)21-13-6-8-14(9-7-13)28-10-15(25)26;15-12-20-13(18-9-3-5-11(6-4-9)26(16,24)25)21-22(12)14(23)19-10-2-1-7-17-8-10/h1-9H,(H,23,30)(H,28,29)(H2,21,31,32)(H3,20,22,25,26);2-9H,10H2,1H3,(H,22,27)(H2,20,28,29)(H3,19,21,23,24);1-8H,10H2,(H,22,28)(H,26,27)(H3,20,21,23,24);2-9H,10H2,1H3,(H,21,27)(H,25,26)(H3,19,20,22,23);1-8H,(H,19,23)(H2,16,24,25)(H3,15,18,20,21). The van der Waals surface area contributed by atoms with Crippen molar-refractivity contribution < 1.29 is 107 Å². The second-order valence-electron chi connectivity index (χ2n) is 29.5. The molecule has 0 unspecified atom stereocenters. The third-order valence-electron chi connectivity index (χ3n) is 18.6. The zero-order valence-electron chi connectivity index (χ0n) is 76.7. The molecule has 766 valence electrons. The van der Waals surface area contributed by atoms with E-state index in [4.69, 9.17) is 83.3 Å². The molecule has 0 radical (unpaired) electrons. The molecule has 59 nitrogen and oxygen atoms in total. The molecule has 149 heavy (non-hydrogen) atoms. The van der Waals surface area contributed by atoms with Gasteiger partial charge in [0.15, 0.2) is 25.5 Å². The normalized spacial score (nSPS) is 10.7. The Labute approximate surface area is 838 Å². The highest BCUT2D eigenvalue weighted by Crippen LogP contribution is 2.28. The van der Waals surface area contributed by atoms with Crippen LogP contribution in [0.5, 0.6) is 17.2 Å². The molecule has 16 aromatic rings. The van der Waals surface area contributed by atoms with Gasteiger partial charge in [0.25, 0.3) is 0 Å². The Bertz CT molecular complexity index is 7960. The van der Waals surface area contributed by atoms with E-state index >= 15 is 0 Å². The van der Waals surface area contributed by atoms with E-state index in [0.29, 0.717) is 73.8 Å². The number of nitrogens with two attached hydrogens (primary N) is 8. The number of nitrogen functional groups attached to an aromatic ring is 5. The van der Waals surface area contributed by atoms with E-state index in [1.807, 2.05) is 37.3 Å². The van der Waals surface area contributed by atoms with Crippen LogP contribution in [0.3, 0.4) is 0 Å². The fourth-order valence-electron chi connectivity index (χ4n) is 11.7. The third kappa shape index (κ3) is 31.4. The minimum absolute atomic E-state index is 0.00415. The van der Waals surface area contributed by atoms with E-state index in [2.05, 4.69) is 118 Å². The smallest absolute Gasteiger partial charge is 0.357 e. The number of benzene rings is 9. The maximum atomic E-state index is 12.6. The SMILES string of the molecule is COC(=O)COc1ccc(NC(=O)n2nc(Nc3ccc(S(N)(=O)=O)cc3)nc2N)cc1.Cc1ccc(Nc2nc(N)n(C(=O)Nc3ccc(OCC(=O)O)cc3)n2)cc1.N#Cc1ccc(Nc2nc(N)n(C(=O)Nc3cccc(OCC(=O)O)c3)n2)cc1.Nc1nc(Nc2ccc(S(N)(=O)=O)cc2)nn1C(=O)Nc1ccc(-c2nc(C(=O)O)co2)cc1.Nc1nc(Nc2ccc(S(N)(=O)=O)cc2)nn1C(=O)Nc1cccnc1. The second-order valence-corrected chi connectivity index (χ2v) is 34.2. The molecule has 0 bridgehead atoms. The van der Waals surface area contributed by atoms with Crippen molar-refractivity contribution in [2.75, 3.05) is 109 Å². The lowest BCUT2D eigenvalue weighted by atomic mass is 10.2. The van der Waals surface area contributed by atoms with Gasteiger partial charge >= 0.3 is 54.0 Å². The van der Waals surface area contributed by atoms with Gasteiger partial charge in [0.1, 0.15) is 23.5 Å². The van der Waals surface area contributed by atoms with Crippen molar-refractivity contribution >= 4 is 200 Å². The topological polar surface area (TPSA) is 898 Å². The molecule has 0 aliphatic carbocycles. The molecule has 62 heteroatoms. The zero-order chi connectivity index (χ0) is 107. The lowest BCUT2D eigenvalue weighted by molar-refractivity contribution is -0.143. The summed E-state index contributed by atoms with van der Waals surface area (Å²) in [6, 6.07) is 57.8. The summed E-state index contributed by atoms with van der Waals surface area (Å²) in [5.74, 6) is -3.09. The lowest BCUT2D eigenvalue weighted by Gasteiger charge is -2.08. The molecule has 0 atom stereocenters. The molecule has 29 N–H and O–H groups in total. The summed E-state index contributed by atoms with van der Waals surface area (Å²) in [4.78, 5) is 133. The number of primary sulfonamides is 3. The highest BCUT2D eigenvalue weighted by atomic mass is 32.2. The fourth-order valence-corrected chi connectivity index (χ4v) is 13.2. The van der Waals surface area contributed by atoms with Crippen LogP contribution < -0.4 is 111 Å². The quantitative estimate of drug-likeness (QED) is 0.0199. The van der Waals surface area contributed by atoms with Crippen molar-refractivity contribution in [3.05, 3.63) is 266 Å². The Morgan fingerprint density at radius 3 is 1.00 bits per heavy atom. The Hall–Kier alpha value is -21.1. The zero-order valence-corrected chi connectivity index (χ0v) is 79.1. The number of ether oxygens (including phenoxy) is 4. The number of rotatable bonds is 29. The van der Waals surface area contributed by atoms with E-state index in [-0.39, 0.29) is 98.1 Å². The number of anilines is 20. The van der Waals surface area contributed by atoms with Crippen molar-refractivity contribution in [2.45, 2.75) is 21.6 Å². The number of aliphatic carboxylic acids is 2. The summed E-state index contributed by atoms with van der Waals surface area (Å²) in [6.45, 7) is 0.790. The van der Waals surface area contributed by atoms with E-state index in [9.17, 15) is 68.4 Å². The van der Waals surface area contributed by atoms with Gasteiger partial charge in [-0.15, -0.1) is 48.9 Å². The molecule has 0 saturated heterocycles. The van der Waals surface area contributed by atoms with Gasteiger partial charge in [-0.3, -0.25) is 4.98 Å². The Kier molecular flexibility index (Phi) is 34.7. The minimum atomic E-state index is -3.83. The maximum Gasteiger partial charge on any atom is 0.357 e. The first kappa shape index (κ1) is 107. The number of amides is 5. The summed E-state index contributed by atoms with van der Waals surface area (Å²) in [7, 11) is -10.2. The van der Waals surface area contributed by atoms with Crippen LogP contribution >= 0.6 is 0 Å². The minimum Gasteiger partial charge on any atom is -0.482 e. The van der Waals surface area contributed by atoms with Gasteiger partial charge in [-0.1, -0.05) is 23.8 Å². The molecule has 0 aliphatic rings. The summed E-state index contributed by atoms with van der Waals surface area (Å²) >= 11 is 0. The van der Waals surface area contributed by atoms with Gasteiger partial charge in [0.2, 0.25) is 95.4 Å². The number of carbonyl (C=O) groups excluding carboxylic acids is 6. The monoisotopic (exact) mass is 2090 g/mol. The third-order valence-corrected chi connectivity index (χ3v) is 21.4. The van der Waals surface area contributed by atoms with E-state index in [1.54, 1.807) is 121 Å². The number of pyridine rings is 1. The molecule has 5 amide bonds. The predicted octanol–water partition coefficient (Wildman–Crippen LogP) is 7.77. The summed E-state index contributed by atoms with van der Waals surface area (Å²) in [5.41, 5.74) is 35.6. The summed E-state index contributed by atoms with van der Waals surface area (Å²) in [6.07, 6.45) is 4.07. The van der Waals surface area contributed by atoms with Crippen molar-refractivity contribution in [3.63, 3.8) is 0 Å². The van der Waals surface area contributed by atoms with Crippen LogP contribution in [0.15, 0.2) is 268 Å². The van der Waals surface area contributed by atoms with E-state index < -0.39 is 97.3 Å². The van der Waals surface area contributed by atoms with Crippen LogP contribution in [0.4, 0.5) is 140 Å². The predicted molar refractivity (Wildman–Crippen MR) is 533 cm³/mol. The number of aryl methyl sites for hydroxylation is 1. The molecule has 0 aliphatic heterocycles. The highest BCUT2D eigenvalue weighted by Gasteiger charge is 2.24. The number of hydrogen-bond acceptors (Lipinski definition) is 43. The summed E-state index contributed by atoms with van der Waals surface area (Å²) < 4.78 is 97.1. The number of hydrogen-bond donors (Lipinski definition) is 21. The van der Waals surface area contributed by atoms with E-state index in [0.717, 1.165) is 40.9 Å². The number of carboxylic acids is 3. The van der Waals surface area contributed by atoms with Crippen molar-refractivity contribution in [3.8, 4) is 34.8 Å². The number of carbonyl (C=O) groups is 9. The number of nitrogens with one attached hydrogen (secondary N) is 10. The lowest BCUT2D eigenvalue weighted by Crippen LogP contribution is -2.22. The van der Waals surface area contributed by atoms with Crippen LogP contribution in [0.1, 0.15) is 21.6 Å². The van der Waals surface area contributed by atoms with Crippen molar-refractivity contribution in [1.29, 1.82) is 5.26 Å².